The van der Waals surface area contributed by atoms with E-state index >= 15 is 0 Å². The number of nitrogen functional groups attached to an aromatic ring is 1. The Morgan fingerprint density at radius 3 is 2.21 bits per heavy atom. The van der Waals surface area contributed by atoms with Crippen molar-refractivity contribution in [2.24, 2.45) is 0 Å². The van der Waals surface area contributed by atoms with Gasteiger partial charge in [-0.15, -0.1) is 0 Å². The van der Waals surface area contributed by atoms with Crippen LogP contribution in [0.4, 0.5) is 11.5 Å². The van der Waals surface area contributed by atoms with E-state index in [4.69, 9.17) is 5.73 Å². The molecule has 1 heterocycles. The SMILES string of the molecule is Cc1ccc(S(=O)(=O)Nc2nc3ccccc3c(N)c2-c2ccccc2)cc1. The zero-order valence-electron chi connectivity index (χ0n) is 15.3. The number of pyridine rings is 1. The summed E-state index contributed by atoms with van der Waals surface area (Å²) in [6, 6.07) is 23.5. The van der Waals surface area contributed by atoms with Crippen LogP contribution in [0.25, 0.3) is 22.0 Å². The number of aromatic nitrogens is 1. The van der Waals surface area contributed by atoms with Crippen molar-refractivity contribution < 1.29 is 8.42 Å². The zero-order valence-corrected chi connectivity index (χ0v) is 16.1. The maximum absolute atomic E-state index is 13.0. The molecule has 4 rings (SSSR count). The fourth-order valence-electron chi connectivity index (χ4n) is 3.11. The van der Waals surface area contributed by atoms with Gasteiger partial charge in [0.05, 0.1) is 16.1 Å². The number of hydrogen-bond donors (Lipinski definition) is 2. The van der Waals surface area contributed by atoms with Crippen LogP contribution in [0.2, 0.25) is 0 Å². The molecule has 0 saturated carbocycles. The van der Waals surface area contributed by atoms with Gasteiger partial charge < -0.3 is 5.73 Å². The topological polar surface area (TPSA) is 85.1 Å². The highest BCUT2D eigenvalue weighted by atomic mass is 32.2. The maximum atomic E-state index is 13.0. The molecular formula is C22H19N3O2S. The van der Waals surface area contributed by atoms with Crippen molar-refractivity contribution in [2.75, 3.05) is 10.5 Å². The van der Waals surface area contributed by atoms with Gasteiger partial charge >= 0.3 is 0 Å². The Bertz CT molecular complexity index is 1250. The van der Waals surface area contributed by atoms with Crippen LogP contribution in [0.3, 0.4) is 0 Å². The summed E-state index contributed by atoms with van der Waals surface area (Å²) in [5.74, 6) is 0.211. The quantitative estimate of drug-likeness (QED) is 0.534. The van der Waals surface area contributed by atoms with Gasteiger partial charge in [-0.25, -0.2) is 13.4 Å². The van der Waals surface area contributed by atoms with E-state index in [0.717, 1.165) is 16.5 Å². The number of nitrogens with two attached hydrogens (primary N) is 1. The third-order valence-electron chi connectivity index (χ3n) is 4.56. The molecule has 1 aromatic heterocycles. The second-order valence-corrected chi connectivity index (χ2v) is 8.23. The normalized spacial score (nSPS) is 11.5. The van der Waals surface area contributed by atoms with Crippen LogP contribution in [0.5, 0.6) is 0 Å². The van der Waals surface area contributed by atoms with Gasteiger partial charge in [0.1, 0.15) is 5.82 Å². The first-order valence-corrected chi connectivity index (χ1v) is 10.3. The van der Waals surface area contributed by atoms with Crippen LogP contribution in [-0.4, -0.2) is 13.4 Å². The van der Waals surface area contributed by atoms with E-state index in [-0.39, 0.29) is 10.7 Å². The lowest BCUT2D eigenvalue weighted by molar-refractivity contribution is 0.601. The van der Waals surface area contributed by atoms with Crippen LogP contribution in [0.15, 0.2) is 83.8 Å². The molecule has 3 aromatic carbocycles. The lowest BCUT2D eigenvalue weighted by Gasteiger charge is -2.16. The summed E-state index contributed by atoms with van der Waals surface area (Å²) in [5, 5.41) is 0.777. The monoisotopic (exact) mass is 389 g/mol. The first-order valence-electron chi connectivity index (χ1n) is 8.79. The van der Waals surface area contributed by atoms with Crippen LogP contribution >= 0.6 is 0 Å². The molecule has 140 valence electrons. The Kier molecular flexibility index (Phi) is 4.49. The molecule has 0 spiro atoms. The average Bonchev–Trinajstić information content (AvgIpc) is 2.69. The lowest BCUT2D eigenvalue weighted by atomic mass is 10.0. The van der Waals surface area contributed by atoms with Crippen molar-refractivity contribution in [2.45, 2.75) is 11.8 Å². The van der Waals surface area contributed by atoms with Gasteiger partial charge in [-0.3, -0.25) is 4.72 Å². The number of nitrogens with one attached hydrogen (secondary N) is 1. The predicted octanol–water partition coefficient (Wildman–Crippen LogP) is 4.59. The highest BCUT2D eigenvalue weighted by molar-refractivity contribution is 7.92. The van der Waals surface area contributed by atoms with Crippen LogP contribution in [0, 0.1) is 6.92 Å². The zero-order chi connectivity index (χ0) is 19.7. The molecule has 6 heteroatoms. The van der Waals surface area contributed by atoms with Gasteiger partial charge in [-0.1, -0.05) is 66.2 Å². The summed E-state index contributed by atoms with van der Waals surface area (Å²) < 4.78 is 28.5. The molecule has 3 N–H and O–H groups in total. The Labute approximate surface area is 163 Å². The first-order chi connectivity index (χ1) is 13.5. The van der Waals surface area contributed by atoms with Gasteiger partial charge in [0.2, 0.25) is 0 Å². The molecular weight excluding hydrogens is 370 g/mol. The van der Waals surface area contributed by atoms with Crippen molar-refractivity contribution in [1.29, 1.82) is 0 Å². The van der Waals surface area contributed by atoms with Gasteiger partial charge in [0, 0.05) is 10.9 Å². The van der Waals surface area contributed by atoms with E-state index in [1.54, 1.807) is 24.3 Å². The summed E-state index contributed by atoms with van der Waals surface area (Å²) in [6.07, 6.45) is 0. The summed E-state index contributed by atoms with van der Waals surface area (Å²) >= 11 is 0. The standard InChI is InChI=1S/C22H19N3O2S/c1-15-11-13-17(14-12-15)28(26,27)25-22-20(16-7-3-2-4-8-16)21(23)18-9-5-6-10-19(18)24-22/h2-14H,1H3,(H3,23,24,25). The molecule has 0 saturated heterocycles. The molecule has 0 bridgehead atoms. The average molecular weight is 389 g/mol. The molecule has 0 unspecified atom stereocenters. The number of benzene rings is 3. The van der Waals surface area contributed by atoms with Crippen LogP contribution in [-0.2, 0) is 10.0 Å². The van der Waals surface area contributed by atoms with Crippen molar-refractivity contribution in [3.05, 3.63) is 84.4 Å². The number of anilines is 2. The lowest BCUT2D eigenvalue weighted by Crippen LogP contribution is -2.15. The molecule has 0 amide bonds. The van der Waals surface area contributed by atoms with E-state index in [2.05, 4.69) is 9.71 Å². The number of hydrogen-bond acceptors (Lipinski definition) is 4. The molecule has 0 aliphatic heterocycles. The van der Waals surface area contributed by atoms with Gasteiger partial charge in [-0.05, 0) is 30.7 Å². The van der Waals surface area contributed by atoms with Gasteiger partial charge in [0.15, 0.2) is 0 Å². The van der Waals surface area contributed by atoms with Gasteiger partial charge in [-0.2, -0.15) is 0 Å². The molecule has 0 atom stereocenters. The Morgan fingerprint density at radius 1 is 0.857 bits per heavy atom. The predicted molar refractivity (Wildman–Crippen MR) is 114 cm³/mol. The van der Waals surface area contributed by atoms with E-state index in [9.17, 15) is 8.42 Å². The van der Waals surface area contributed by atoms with Crippen molar-refractivity contribution in [3.8, 4) is 11.1 Å². The molecule has 5 nitrogen and oxygen atoms in total. The van der Waals surface area contributed by atoms with Crippen LogP contribution in [0.1, 0.15) is 5.56 Å². The van der Waals surface area contributed by atoms with E-state index < -0.39 is 10.0 Å². The highest BCUT2D eigenvalue weighted by Gasteiger charge is 2.21. The molecule has 0 fully saturated rings. The molecule has 28 heavy (non-hydrogen) atoms. The van der Waals surface area contributed by atoms with Crippen molar-refractivity contribution in [1.82, 2.24) is 4.98 Å². The second-order valence-electron chi connectivity index (χ2n) is 6.55. The molecule has 4 aromatic rings. The summed E-state index contributed by atoms with van der Waals surface area (Å²) in [7, 11) is -3.81. The van der Waals surface area contributed by atoms with E-state index in [1.165, 1.54) is 0 Å². The molecule has 0 aliphatic rings. The Balaban J connectivity index is 1.91. The minimum Gasteiger partial charge on any atom is -0.398 e. The fourth-order valence-corrected chi connectivity index (χ4v) is 4.13. The molecule has 0 aliphatic carbocycles. The van der Waals surface area contributed by atoms with Gasteiger partial charge in [0.25, 0.3) is 10.0 Å². The van der Waals surface area contributed by atoms with Crippen molar-refractivity contribution >= 4 is 32.4 Å². The number of sulfonamides is 1. The number of fused-ring (bicyclic) bond motifs is 1. The minimum atomic E-state index is -3.81. The maximum Gasteiger partial charge on any atom is 0.263 e. The van der Waals surface area contributed by atoms with E-state index in [0.29, 0.717) is 16.8 Å². The smallest absolute Gasteiger partial charge is 0.263 e. The molecule has 0 radical (unpaired) electrons. The number of para-hydroxylation sites is 1. The number of aryl methyl sites for hydroxylation is 1. The minimum absolute atomic E-state index is 0.172. The third kappa shape index (κ3) is 3.30. The fraction of sp³-hybridized carbons (Fsp3) is 0.0455. The largest absolute Gasteiger partial charge is 0.398 e. The summed E-state index contributed by atoms with van der Waals surface area (Å²) in [4.78, 5) is 4.74. The second kappa shape index (κ2) is 6.98. The van der Waals surface area contributed by atoms with Crippen molar-refractivity contribution in [3.63, 3.8) is 0 Å². The highest BCUT2D eigenvalue weighted by Crippen LogP contribution is 2.37. The third-order valence-corrected chi connectivity index (χ3v) is 5.91. The number of rotatable bonds is 4. The Hall–Kier alpha value is -3.38. The van der Waals surface area contributed by atoms with Crippen LogP contribution < -0.4 is 10.5 Å². The first kappa shape index (κ1) is 18.0. The summed E-state index contributed by atoms with van der Waals surface area (Å²) in [6.45, 7) is 1.91. The number of nitrogens with zero attached hydrogens (tertiary/aromatic N) is 1. The van der Waals surface area contributed by atoms with E-state index in [1.807, 2.05) is 61.5 Å². The Morgan fingerprint density at radius 2 is 1.50 bits per heavy atom. The summed E-state index contributed by atoms with van der Waals surface area (Å²) in [5.41, 5.74) is 9.90.